The van der Waals surface area contributed by atoms with Gasteiger partial charge in [0.25, 0.3) is 0 Å². The van der Waals surface area contributed by atoms with Crippen molar-refractivity contribution in [1.82, 2.24) is 4.98 Å². The molecule has 0 unspecified atom stereocenters. The van der Waals surface area contributed by atoms with Crippen molar-refractivity contribution in [3.63, 3.8) is 0 Å². The van der Waals surface area contributed by atoms with Crippen LogP contribution in [0.5, 0.6) is 0 Å². The molecular weight excluding hydrogens is 160 g/mol. The fraction of sp³-hybridized carbons (Fsp3) is 0.545. The molecule has 0 aliphatic heterocycles. The van der Waals surface area contributed by atoms with Gasteiger partial charge in [-0.05, 0) is 44.7 Å². The van der Waals surface area contributed by atoms with Gasteiger partial charge < -0.3 is 5.73 Å². The molecule has 0 saturated carbocycles. The van der Waals surface area contributed by atoms with Crippen LogP contribution in [0.25, 0.3) is 0 Å². The van der Waals surface area contributed by atoms with Gasteiger partial charge in [-0.1, -0.05) is 6.07 Å². The molecular formula is C11H18N2. The van der Waals surface area contributed by atoms with Crippen LogP contribution in [0, 0.1) is 6.92 Å². The van der Waals surface area contributed by atoms with Gasteiger partial charge in [0.05, 0.1) is 0 Å². The molecule has 1 aromatic heterocycles. The van der Waals surface area contributed by atoms with Gasteiger partial charge in [0.1, 0.15) is 0 Å². The second-order valence-electron chi connectivity index (χ2n) is 3.62. The van der Waals surface area contributed by atoms with Crippen LogP contribution in [0.4, 0.5) is 0 Å². The zero-order valence-electron chi connectivity index (χ0n) is 8.46. The summed E-state index contributed by atoms with van der Waals surface area (Å²) < 4.78 is 0. The smallest absolute Gasteiger partial charge is 0.0404 e. The lowest BCUT2D eigenvalue weighted by Crippen LogP contribution is -2.14. The van der Waals surface area contributed by atoms with E-state index in [0.29, 0.717) is 6.04 Å². The number of aryl methyl sites for hydroxylation is 2. The average molecular weight is 178 g/mol. The summed E-state index contributed by atoms with van der Waals surface area (Å²) in [7, 11) is 0. The van der Waals surface area contributed by atoms with Crippen molar-refractivity contribution >= 4 is 0 Å². The van der Waals surface area contributed by atoms with Gasteiger partial charge in [-0.2, -0.15) is 0 Å². The molecule has 2 nitrogen and oxygen atoms in total. The molecule has 0 aliphatic carbocycles. The van der Waals surface area contributed by atoms with Crippen LogP contribution in [-0.2, 0) is 6.42 Å². The third kappa shape index (κ3) is 3.55. The lowest BCUT2D eigenvalue weighted by atomic mass is 10.1. The number of hydrogen-bond acceptors (Lipinski definition) is 2. The third-order valence-electron chi connectivity index (χ3n) is 2.22. The van der Waals surface area contributed by atoms with Crippen molar-refractivity contribution in [2.75, 3.05) is 0 Å². The van der Waals surface area contributed by atoms with E-state index in [2.05, 4.69) is 24.9 Å². The summed E-state index contributed by atoms with van der Waals surface area (Å²) in [5, 5.41) is 0. The Morgan fingerprint density at radius 2 is 2.31 bits per heavy atom. The molecule has 0 saturated heterocycles. The summed E-state index contributed by atoms with van der Waals surface area (Å²) in [6.45, 7) is 4.11. The first-order valence-corrected chi connectivity index (χ1v) is 4.86. The molecule has 0 aromatic carbocycles. The highest BCUT2D eigenvalue weighted by Crippen LogP contribution is 2.08. The third-order valence-corrected chi connectivity index (χ3v) is 2.22. The first-order valence-electron chi connectivity index (χ1n) is 4.86. The van der Waals surface area contributed by atoms with E-state index < -0.39 is 0 Å². The summed E-state index contributed by atoms with van der Waals surface area (Å²) in [6, 6.07) is 4.45. The predicted molar refractivity (Wildman–Crippen MR) is 55.6 cm³/mol. The molecule has 0 radical (unpaired) electrons. The lowest BCUT2D eigenvalue weighted by molar-refractivity contribution is 0.622. The molecule has 0 aliphatic rings. The summed E-state index contributed by atoms with van der Waals surface area (Å²) in [6.07, 6.45) is 5.18. The Morgan fingerprint density at radius 1 is 1.54 bits per heavy atom. The van der Waals surface area contributed by atoms with E-state index in [4.69, 9.17) is 5.73 Å². The van der Waals surface area contributed by atoms with Crippen molar-refractivity contribution in [3.05, 3.63) is 29.6 Å². The Morgan fingerprint density at radius 3 is 2.92 bits per heavy atom. The molecule has 13 heavy (non-hydrogen) atoms. The number of rotatable bonds is 4. The van der Waals surface area contributed by atoms with Gasteiger partial charge >= 0.3 is 0 Å². The van der Waals surface area contributed by atoms with E-state index in [1.165, 1.54) is 5.56 Å². The number of nitrogens with two attached hydrogens (primary N) is 1. The maximum absolute atomic E-state index is 5.68. The minimum absolute atomic E-state index is 0.317. The molecule has 0 bridgehead atoms. The molecule has 0 spiro atoms. The van der Waals surface area contributed by atoms with Crippen molar-refractivity contribution in [3.8, 4) is 0 Å². The van der Waals surface area contributed by atoms with Gasteiger partial charge in [0, 0.05) is 17.9 Å². The topological polar surface area (TPSA) is 38.9 Å². The van der Waals surface area contributed by atoms with Crippen LogP contribution in [-0.4, -0.2) is 11.0 Å². The fourth-order valence-corrected chi connectivity index (χ4v) is 1.40. The Balaban J connectivity index is 2.41. The summed E-state index contributed by atoms with van der Waals surface area (Å²) >= 11 is 0. The standard InChI is InChI=1S/C11H18N2/c1-9(12)5-3-6-11-7-4-8-13-10(11)2/h4,7-9H,3,5-6,12H2,1-2H3/t9-/m0/s1. The molecule has 2 heteroatoms. The van der Waals surface area contributed by atoms with Gasteiger partial charge in [0.2, 0.25) is 0 Å². The number of aromatic nitrogens is 1. The Hall–Kier alpha value is -0.890. The number of pyridine rings is 1. The summed E-state index contributed by atoms with van der Waals surface area (Å²) in [4.78, 5) is 4.25. The van der Waals surface area contributed by atoms with E-state index in [1.54, 1.807) is 0 Å². The number of nitrogens with zero attached hydrogens (tertiary/aromatic N) is 1. The second-order valence-corrected chi connectivity index (χ2v) is 3.62. The van der Waals surface area contributed by atoms with Gasteiger partial charge in [0.15, 0.2) is 0 Å². The van der Waals surface area contributed by atoms with Crippen molar-refractivity contribution in [2.24, 2.45) is 5.73 Å². The molecule has 1 aromatic rings. The van der Waals surface area contributed by atoms with E-state index in [-0.39, 0.29) is 0 Å². The maximum Gasteiger partial charge on any atom is 0.0404 e. The van der Waals surface area contributed by atoms with Crippen LogP contribution >= 0.6 is 0 Å². The Kier molecular flexibility index (Phi) is 3.90. The second kappa shape index (κ2) is 4.97. The lowest BCUT2D eigenvalue weighted by Gasteiger charge is -2.06. The largest absolute Gasteiger partial charge is 0.328 e. The van der Waals surface area contributed by atoms with Crippen molar-refractivity contribution < 1.29 is 0 Å². The molecule has 1 rings (SSSR count). The highest BCUT2D eigenvalue weighted by atomic mass is 14.7. The van der Waals surface area contributed by atoms with Gasteiger partial charge in [-0.3, -0.25) is 4.98 Å². The highest BCUT2D eigenvalue weighted by molar-refractivity contribution is 5.18. The predicted octanol–water partition coefficient (Wildman–Crippen LogP) is 2.06. The molecule has 0 amide bonds. The molecule has 1 atom stereocenters. The Labute approximate surface area is 80.2 Å². The van der Waals surface area contributed by atoms with Crippen LogP contribution in [0.1, 0.15) is 31.0 Å². The molecule has 0 fully saturated rings. The van der Waals surface area contributed by atoms with Crippen molar-refractivity contribution in [1.29, 1.82) is 0 Å². The van der Waals surface area contributed by atoms with Gasteiger partial charge in [-0.25, -0.2) is 0 Å². The van der Waals surface area contributed by atoms with Crippen LogP contribution in [0.2, 0.25) is 0 Å². The van der Waals surface area contributed by atoms with Crippen LogP contribution in [0.15, 0.2) is 18.3 Å². The number of hydrogen-bond donors (Lipinski definition) is 1. The minimum Gasteiger partial charge on any atom is -0.328 e. The monoisotopic (exact) mass is 178 g/mol. The van der Waals surface area contributed by atoms with E-state index in [1.807, 2.05) is 12.3 Å². The molecule has 1 heterocycles. The first kappa shape index (κ1) is 10.2. The average Bonchev–Trinajstić information content (AvgIpc) is 2.08. The maximum atomic E-state index is 5.68. The summed E-state index contributed by atoms with van der Waals surface area (Å²) in [5.74, 6) is 0. The zero-order chi connectivity index (χ0) is 9.68. The van der Waals surface area contributed by atoms with Crippen LogP contribution in [0.3, 0.4) is 0 Å². The molecule has 2 N–H and O–H groups in total. The van der Waals surface area contributed by atoms with E-state index in [0.717, 1.165) is 25.0 Å². The minimum atomic E-state index is 0.317. The van der Waals surface area contributed by atoms with Crippen LogP contribution < -0.4 is 5.73 Å². The first-order chi connectivity index (χ1) is 6.20. The SMILES string of the molecule is Cc1ncccc1CCC[C@H](C)N. The summed E-state index contributed by atoms with van der Waals surface area (Å²) in [5.41, 5.74) is 8.17. The quantitative estimate of drug-likeness (QED) is 0.766. The normalized spacial score (nSPS) is 12.8. The fourth-order valence-electron chi connectivity index (χ4n) is 1.40. The van der Waals surface area contributed by atoms with E-state index in [9.17, 15) is 0 Å². The molecule has 72 valence electrons. The van der Waals surface area contributed by atoms with E-state index >= 15 is 0 Å². The van der Waals surface area contributed by atoms with Crippen molar-refractivity contribution in [2.45, 2.75) is 39.2 Å². The highest BCUT2D eigenvalue weighted by Gasteiger charge is 1.99. The zero-order valence-corrected chi connectivity index (χ0v) is 8.46. The Bertz CT molecular complexity index is 256. The van der Waals surface area contributed by atoms with Gasteiger partial charge in [-0.15, -0.1) is 0 Å².